The number of nitrogens with zero attached hydrogens (tertiary/aromatic N) is 2. The molecule has 0 radical (unpaired) electrons. The molecule has 3 aromatic carbocycles. The molecule has 0 aromatic heterocycles. The number of benzene rings is 3. The number of hydrogen-bond donors (Lipinski definition) is 3. The molecule has 0 aliphatic carbocycles. The fourth-order valence-corrected chi connectivity index (χ4v) is 6.24. The lowest BCUT2D eigenvalue weighted by atomic mass is 9.99. The number of aryl methyl sites for hydroxylation is 1. The van der Waals surface area contributed by atoms with Gasteiger partial charge in [-0.1, -0.05) is 30.7 Å². The fraction of sp³-hybridized carbons (Fsp3) is 0.355. The molecule has 0 spiro atoms. The van der Waals surface area contributed by atoms with Crippen LogP contribution in [0, 0.1) is 12.8 Å². The number of amides is 3. The van der Waals surface area contributed by atoms with Crippen LogP contribution in [0.15, 0.2) is 65.6 Å². The second-order valence-corrected chi connectivity index (χ2v) is 13.1. The largest absolute Gasteiger partial charge is 0.486 e. The lowest BCUT2D eigenvalue weighted by Gasteiger charge is -2.38. The van der Waals surface area contributed by atoms with Crippen LogP contribution < -0.4 is 24.8 Å². The molecule has 0 unspecified atom stereocenters. The first-order chi connectivity index (χ1) is 21.0. The van der Waals surface area contributed by atoms with E-state index >= 15 is 0 Å². The van der Waals surface area contributed by atoms with Crippen LogP contribution in [-0.4, -0.2) is 80.4 Å². The first kappa shape index (κ1) is 31.1. The van der Waals surface area contributed by atoms with E-state index in [1.165, 1.54) is 11.4 Å². The highest BCUT2D eigenvalue weighted by Crippen LogP contribution is 2.36. The van der Waals surface area contributed by atoms with Crippen molar-refractivity contribution in [3.63, 3.8) is 0 Å². The number of aliphatic hydroxyl groups is 1. The standard InChI is InChI=1S/C31H36N4O8S/c1-19-8-11-23(12-9-19)44(39,40)34(4)16-28-20(2)15-35(21(3)17-36)30(37)24-6-5-7-25(29(24)43-28)33-31(38)32-22-10-13-26-27(14-22)42-18-41-26/h5-14,20-21,28,36H,15-18H2,1-4H3,(H2,32,33,38)/t20-,21+,28-/m0/s1. The van der Waals surface area contributed by atoms with Crippen LogP contribution in [0.4, 0.5) is 16.2 Å². The van der Waals surface area contributed by atoms with Gasteiger partial charge in [0.2, 0.25) is 16.8 Å². The van der Waals surface area contributed by atoms with Gasteiger partial charge in [0, 0.05) is 31.3 Å². The fourth-order valence-electron chi connectivity index (χ4n) is 5.06. The lowest BCUT2D eigenvalue weighted by Crippen LogP contribution is -2.50. The van der Waals surface area contributed by atoms with Crippen LogP contribution in [0.1, 0.15) is 29.8 Å². The Morgan fingerprint density at radius 3 is 2.55 bits per heavy atom. The maximum Gasteiger partial charge on any atom is 0.323 e. The molecule has 3 atom stereocenters. The molecular weight excluding hydrogens is 588 g/mol. The highest BCUT2D eigenvalue weighted by Gasteiger charge is 2.36. The van der Waals surface area contributed by atoms with E-state index in [9.17, 15) is 23.1 Å². The van der Waals surface area contributed by atoms with E-state index in [4.69, 9.17) is 14.2 Å². The molecule has 13 heteroatoms. The van der Waals surface area contributed by atoms with Crippen LogP contribution in [0.5, 0.6) is 17.2 Å². The third-order valence-electron chi connectivity index (χ3n) is 7.74. The molecule has 3 N–H and O–H groups in total. The zero-order chi connectivity index (χ0) is 31.6. The minimum Gasteiger partial charge on any atom is -0.486 e. The van der Waals surface area contributed by atoms with Crippen molar-refractivity contribution >= 4 is 33.3 Å². The summed E-state index contributed by atoms with van der Waals surface area (Å²) in [6, 6.07) is 15.2. The van der Waals surface area contributed by atoms with E-state index in [1.54, 1.807) is 72.5 Å². The van der Waals surface area contributed by atoms with Gasteiger partial charge in [-0.25, -0.2) is 13.2 Å². The van der Waals surface area contributed by atoms with E-state index in [1.807, 2.05) is 13.8 Å². The molecule has 2 aliphatic rings. The summed E-state index contributed by atoms with van der Waals surface area (Å²) in [6.07, 6.45) is -0.722. The van der Waals surface area contributed by atoms with Gasteiger partial charge in [0.05, 0.1) is 35.3 Å². The monoisotopic (exact) mass is 624 g/mol. The summed E-state index contributed by atoms with van der Waals surface area (Å²) in [7, 11) is -2.38. The number of hydrogen-bond acceptors (Lipinski definition) is 8. The Balaban J connectivity index is 1.45. The van der Waals surface area contributed by atoms with Gasteiger partial charge in [0.25, 0.3) is 5.91 Å². The van der Waals surface area contributed by atoms with E-state index in [0.29, 0.717) is 17.2 Å². The number of ether oxygens (including phenoxy) is 3. The summed E-state index contributed by atoms with van der Waals surface area (Å²) in [4.78, 5) is 28.5. The van der Waals surface area contributed by atoms with Gasteiger partial charge in [0.15, 0.2) is 17.2 Å². The number of rotatable bonds is 8. The van der Waals surface area contributed by atoms with E-state index in [2.05, 4.69) is 10.6 Å². The van der Waals surface area contributed by atoms with Crippen LogP contribution in [0.25, 0.3) is 0 Å². The summed E-state index contributed by atoms with van der Waals surface area (Å²) >= 11 is 0. The number of urea groups is 1. The summed E-state index contributed by atoms with van der Waals surface area (Å²) in [5.41, 5.74) is 1.78. The summed E-state index contributed by atoms with van der Waals surface area (Å²) in [6.45, 7) is 5.47. The molecule has 234 valence electrons. The van der Waals surface area contributed by atoms with Gasteiger partial charge in [-0.15, -0.1) is 0 Å². The maximum atomic E-state index is 13.7. The third-order valence-corrected chi connectivity index (χ3v) is 9.57. The van der Waals surface area contributed by atoms with Crippen molar-refractivity contribution in [2.45, 2.75) is 37.8 Å². The van der Waals surface area contributed by atoms with Crippen molar-refractivity contribution in [2.24, 2.45) is 5.92 Å². The van der Waals surface area contributed by atoms with E-state index in [0.717, 1.165) is 5.56 Å². The number of sulfonamides is 1. The molecule has 5 rings (SSSR count). The van der Waals surface area contributed by atoms with Crippen LogP contribution in [-0.2, 0) is 10.0 Å². The number of aliphatic hydroxyl groups excluding tert-OH is 1. The summed E-state index contributed by atoms with van der Waals surface area (Å²) in [5, 5.41) is 15.4. The smallest absolute Gasteiger partial charge is 0.323 e. The molecule has 2 heterocycles. The Hall–Kier alpha value is -4.33. The Bertz CT molecular complexity index is 1650. The number of nitrogens with one attached hydrogen (secondary N) is 2. The molecule has 3 aromatic rings. The van der Waals surface area contributed by atoms with Crippen molar-refractivity contribution in [3.8, 4) is 17.2 Å². The van der Waals surface area contributed by atoms with E-state index < -0.39 is 28.2 Å². The van der Waals surface area contributed by atoms with Gasteiger partial charge in [-0.2, -0.15) is 4.31 Å². The molecule has 12 nitrogen and oxygen atoms in total. The Labute approximate surface area is 256 Å². The number of carbonyl (C=O) groups is 2. The topological polar surface area (TPSA) is 147 Å². The predicted octanol–water partition coefficient (Wildman–Crippen LogP) is 3.91. The molecule has 0 fully saturated rings. The lowest BCUT2D eigenvalue weighted by molar-refractivity contribution is 0.0389. The van der Waals surface area contributed by atoms with Crippen molar-refractivity contribution in [1.29, 1.82) is 0 Å². The molecular formula is C31H36N4O8S. The second kappa shape index (κ2) is 12.7. The first-order valence-corrected chi connectivity index (χ1v) is 15.6. The molecule has 0 saturated heterocycles. The molecule has 44 heavy (non-hydrogen) atoms. The number of anilines is 2. The van der Waals surface area contributed by atoms with Gasteiger partial charge in [0.1, 0.15) is 6.10 Å². The zero-order valence-electron chi connectivity index (χ0n) is 24.9. The highest BCUT2D eigenvalue weighted by atomic mass is 32.2. The number of likely N-dealkylation sites (N-methyl/N-ethyl adjacent to an activating group) is 1. The van der Waals surface area contributed by atoms with Crippen molar-refractivity contribution < 1.29 is 37.3 Å². The third kappa shape index (κ3) is 6.44. The quantitative estimate of drug-likeness (QED) is 0.342. The molecule has 2 aliphatic heterocycles. The average molecular weight is 625 g/mol. The SMILES string of the molecule is Cc1ccc(S(=O)(=O)N(C)C[C@@H]2Oc3c(NC(=O)Nc4ccc5c(c4)OCO5)cccc3C(=O)N([C@H](C)CO)C[C@@H]2C)cc1. The molecule has 3 amide bonds. The molecule has 0 saturated carbocycles. The average Bonchev–Trinajstić information content (AvgIpc) is 3.47. The Morgan fingerprint density at radius 1 is 1.09 bits per heavy atom. The van der Waals surface area contributed by atoms with Gasteiger partial charge in [-0.05, 0) is 50.2 Å². The predicted molar refractivity (Wildman–Crippen MR) is 164 cm³/mol. The van der Waals surface area contributed by atoms with Crippen LogP contribution >= 0.6 is 0 Å². The van der Waals surface area contributed by atoms with Crippen molar-refractivity contribution in [3.05, 3.63) is 71.8 Å². The summed E-state index contributed by atoms with van der Waals surface area (Å²) < 4.78 is 45.3. The molecule has 0 bridgehead atoms. The van der Waals surface area contributed by atoms with Crippen LogP contribution in [0.2, 0.25) is 0 Å². The van der Waals surface area contributed by atoms with Gasteiger partial charge >= 0.3 is 6.03 Å². The summed E-state index contributed by atoms with van der Waals surface area (Å²) in [5.74, 6) is 0.440. The van der Waals surface area contributed by atoms with Crippen molar-refractivity contribution in [2.75, 3.05) is 44.2 Å². The van der Waals surface area contributed by atoms with Gasteiger partial charge in [-0.3, -0.25) is 4.79 Å². The Morgan fingerprint density at radius 2 is 1.82 bits per heavy atom. The van der Waals surface area contributed by atoms with E-state index in [-0.39, 0.29) is 60.2 Å². The first-order valence-electron chi connectivity index (χ1n) is 14.2. The number of fused-ring (bicyclic) bond motifs is 2. The maximum absolute atomic E-state index is 13.7. The second-order valence-electron chi connectivity index (χ2n) is 11.1. The van der Waals surface area contributed by atoms with Crippen LogP contribution in [0.3, 0.4) is 0 Å². The zero-order valence-corrected chi connectivity index (χ0v) is 25.8. The highest BCUT2D eigenvalue weighted by molar-refractivity contribution is 7.89. The van der Waals surface area contributed by atoms with Gasteiger partial charge < -0.3 is 34.9 Å². The Kier molecular flexibility index (Phi) is 9.00. The minimum atomic E-state index is -3.86. The number of carbonyl (C=O) groups excluding carboxylic acids is 2. The number of para-hydroxylation sites is 1. The minimum absolute atomic E-state index is 0.0376. The van der Waals surface area contributed by atoms with Crippen molar-refractivity contribution in [1.82, 2.24) is 9.21 Å². The normalized spacial score (nSPS) is 18.6.